The van der Waals surface area contributed by atoms with Crippen LogP contribution < -0.4 is 16.2 Å². The van der Waals surface area contributed by atoms with Gasteiger partial charge in [-0.15, -0.1) is 35.3 Å². The Balaban J connectivity index is 0.00000261. The van der Waals surface area contributed by atoms with Crippen LogP contribution in [0.1, 0.15) is 16.0 Å². The number of hydrogen-bond donors (Lipinski definition) is 2. The smallest absolute Gasteiger partial charge is 0.250 e. The number of benzene rings is 1. The minimum atomic E-state index is 0. The lowest BCUT2D eigenvalue weighted by Crippen LogP contribution is -2.36. The average molecular weight is 494 g/mol. The summed E-state index contributed by atoms with van der Waals surface area (Å²) < 4.78 is 1.70. The van der Waals surface area contributed by atoms with Gasteiger partial charge in [-0.25, -0.2) is 0 Å². The second-order valence-corrected chi connectivity index (χ2v) is 6.87. The van der Waals surface area contributed by atoms with Gasteiger partial charge in [0.15, 0.2) is 5.96 Å². The van der Waals surface area contributed by atoms with Crippen LogP contribution in [0.2, 0.25) is 0 Å². The van der Waals surface area contributed by atoms with Gasteiger partial charge in [0, 0.05) is 30.7 Å². The Bertz CT molecular complexity index is 904. The van der Waals surface area contributed by atoms with Crippen molar-refractivity contribution in [2.45, 2.75) is 19.6 Å². The first-order valence-electron chi connectivity index (χ1n) is 8.45. The number of aliphatic imine (C=N–C) groups is 1. The van der Waals surface area contributed by atoms with Gasteiger partial charge in [-0.2, -0.15) is 0 Å². The predicted octanol–water partition coefficient (Wildman–Crippen LogP) is 3.44. The Morgan fingerprint density at radius 2 is 1.74 bits per heavy atom. The average Bonchev–Trinajstić information content (AvgIpc) is 3.18. The molecule has 0 spiro atoms. The van der Waals surface area contributed by atoms with Crippen molar-refractivity contribution in [3.05, 3.63) is 92.5 Å². The van der Waals surface area contributed by atoms with E-state index in [1.807, 2.05) is 12.1 Å². The molecule has 5 nitrogen and oxygen atoms in total. The highest BCUT2D eigenvalue weighted by atomic mass is 127. The third kappa shape index (κ3) is 6.51. The molecule has 0 atom stereocenters. The minimum Gasteiger partial charge on any atom is -0.352 e. The molecule has 2 N–H and O–H groups in total. The molecule has 2 heterocycles. The number of thiophene rings is 1. The van der Waals surface area contributed by atoms with Crippen LogP contribution in [0.25, 0.3) is 0 Å². The van der Waals surface area contributed by atoms with Crippen molar-refractivity contribution in [1.29, 1.82) is 0 Å². The van der Waals surface area contributed by atoms with Crippen LogP contribution in [0.3, 0.4) is 0 Å². The Kier molecular flexibility index (Phi) is 8.53. The number of aromatic nitrogens is 1. The first-order valence-corrected chi connectivity index (χ1v) is 9.33. The van der Waals surface area contributed by atoms with Crippen LogP contribution in [0, 0.1) is 0 Å². The fourth-order valence-electron chi connectivity index (χ4n) is 2.54. The molecule has 0 aliphatic heterocycles. The largest absolute Gasteiger partial charge is 0.352 e. The fraction of sp³-hybridized carbons (Fsp3) is 0.200. The maximum absolute atomic E-state index is 11.8. The van der Waals surface area contributed by atoms with Gasteiger partial charge >= 0.3 is 0 Å². The molecule has 7 heteroatoms. The summed E-state index contributed by atoms with van der Waals surface area (Å²) in [6.45, 7) is 2.04. The third-order valence-corrected chi connectivity index (χ3v) is 4.85. The molecule has 3 rings (SSSR count). The third-order valence-electron chi connectivity index (χ3n) is 3.97. The Labute approximate surface area is 180 Å². The van der Waals surface area contributed by atoms with Crippen molar-refractivity contribution in [3.63, 3.8) is 0 Å². The Hall–Kier alpha value is -2.13. The maximum Gasteiger partial charge on any atom is 0.250 e. The summed E-state index contributed by atoms with van der Waals surface area (Å²) >= 11 is 1.72. The van der Waals surface area contributed by atoms with Crippen LogP contribution >= 0.6 is 35.3 Å². The number of nitrogens with zero attached hydrogens (tertiary/aromatic N) is 2. The van der Waals surface area contributed by atoms with Gasteiger partial charge in [-0.05, 0) is 28.6 Å². The van der Waals surface area contributed by atoms with Crippen LogP contribution in [0.15, 0.2) is 76.0 Å². The van der Waals surface area contributed by atoms with E-state index in [4.69, 9.17) is 0 Å². The van der Waals surface area contributed by atoms with Gasteiger partial charge in [0.25, 0.3) is 5.56 Å². The summed E-state index contributed by atoms with van der Waals surface area (Å²) in [5.41, 5.74) is 2.27. The van der Waals surface area contributed by atoms with E-state index in [9.17, 15) is 4.79 Å². The van der Waals surface area contributed by atoms with Crippen LogP contribution in [-0.2, 0) is 19.6 Å². The maximum atomic E-state index is 11.8. The van der Waals surface area contributed by atoms with Gasteiger partial charge in [-0.1, -0.05) is 36.4 Å². The lowest BCUT2D eigenvalue weighted by molar-refractivity contribution is 0.758. The number of guanidine groups is 1. The van der Waals surface area contributed by atoms with Crippen molar-refractivity contribution < 1.29 is 0 Å². The lowest BCUT2D eigenvalue weighted by Gasteiger charge is -2.12. The minimum absolute atomic E-state index is 0. The molecule has 0 amide bonds. The number of pyridine rings is 1. The molecule has 2 aromatic heterocycles. The van der Waals surface area contributed by atoms with Crippen molar-refractivity contribution in [2.75, 3.05) is 7.05 Å². The molecular weight excluding hydrogens is 471 g/mol. The van der Waals surface area contributed by atoms with E-state index in [-0.39, 0.29) is 29.5 Å². The van der Waals surface area contributed by atoms with Gasteiger partial charge in [0.1, 0.15) is 0 Å². The number of halogens is 1. The van der Waals surface area contributed by atoms with Crippen LogP contribution in [0.5, 0.6) is 0 Å². The zero-order valence-corrected chi connectivity index (χ0v) is 18.2. The van der Waals surface area contributed by atoms with E-state index in [1.165, 1.54) is 4.88 Å². The molecule has 0 saturated carbocycles. The van der Waals surface area contributed by atoms with E-state index in [1.54, 1.807) is 41.3 Å². The Morgan fingerprint density at radius 1 is 1.00 bits per heavy atom. The number of nitrogens with one attached hydrogen (secondary N) is 2. The fourth-order valence-corrected chi connectivity index (χ4v) is 3.19. The highest BCUT2D eigenvalue weighted by Gasteiger charge is 2.01. The van der Waals surface area contributed by atoms with Crippen LogP contribution in [-0.4, -0.2) is 17.6 Å². The quantitative estimate of drug-likeness (QED) is 0.314. The summed E-state index contributed by atoms with van der Waals surface area (Å²) in [6, 6.07) is 17.6. The summed E-state index contributed by atoms with van der Waals surface area (Å²) in [4.78, 5) is 17.3. The summed E-state index contributed by atoms with van der Waals surface area (Å²) in [5, 5.41) is 8.69. The molecule has 0 aliphatic carbocycles. The van der Waals surface area contributed by atoms with Crippen molar-refractivity contribution >= 4 is 41.3 Å². The van der Waals surface area contributed by atoms with E-state index in [0.717, 1.165) is 23.6 Å². The molecule has 142 valence electrons. The molecule has 27 heavy (non-hydrogen) atoms. The second-order valence-electron chi connectivity index (χ2n) is 5.84. The van der Waals surface area contributed by atoms with Gasteiger partial charge < -0.3 is 15.2 Å². The number of rotatable bonds is 6. The first kappa shape index (κ1) is 21.2. The molecule has 0 fully saturated rings. The highest BCUT2D eigenvalue weighted by molar-refractivity contribution is 14.0. The molecule has 0 bridgehead atoms. The van der Waals surface area contributed by atoms with Crippen molar-refractivity contribution in [1.82, 2.24) is 15.2 Å². The lowest BCUT2D eigenvalue weighted by atomic mass is 10.1. The van der Waals surface area contributed by atoms with E-state index >= 15 is 0 Å². The Morgan fingerprint density at radius 3 is 2.41 bits per heavy atom. The molecule has 1 aromatic carbocycles. The van der Waals surface area contributed by atoms with Crippen molar-refractivity contribution in [2.24, 2.45) is 4.99 Å². The topological polar surface area (TPSA) is 58.4 Å². The normalized spacial score (nSPS) is 10.9. The van der Waals surface area contributed by atoms with Crippen LogP contribution in [0.4, 0.5) is 0 Å². The van der Waals surface area contributed by atoms with E-state index in [2.05, 4.69) is 51.3 Å². The molecule has 3 aromatic rings. The summed E-state index contributed by atoms with van der Waals surface area (Å²) in [7, 11) is 1.77. The van der Waals surface area contributed by atoms with Gasteiger partial charge in [0.2, 0.25) is 0 Å². The molecular formula is C20H23IN4OS. The molecule has 0 aliphatic rings. The first-order chi connectivity index (χ1) is 12.7. The zero-order valence-electron chi connectivity index (χ0n) is 15.1. The summed E-state index contributed by atoms with van der Waals surface area (Å²) in [6.07, 6.45) is 1.81. The summed E-state index contributed by atoms with van der Waals surface area (Å²) in [5.74, 6) is 0.776. The molecule has 0 radical (unpaired) electrons. The number of hydrogen-bond acceptors (Lipinski definition) is 3. The van der Waals surface area contributed by atoms with Gasteiger partial charge in [0.05, 0.1) is 13.1 Å². The van der Waals surface area contributed by atoms with E-state index < -0.39 is 0 Å². The second kappa shape index (κ2) is 10.9. The van der Waals surface area contributed by atoms with E-state index in [0.29, 0.717) is 13.1 Å². The monoisotopic (exact) mass is 494 g/mol. The molecule has 0 saturated heterocycles. The molecule has 0 unspecified atom stereocenters. The van der Waals surface area contributed by atoms with Gasteiger partial charge in [-0.3, -0.25) is 9.79 Å². The predicted molar refractivity (Wildman–Crippen MR) is 123 cm³/mol. The SMILES string of the molecule is CN=C(NCc1ccc(Cn2ccccc2=O)cc1)NCc1cccs1.I. The zero-order chi connectivity index (χ0) is 18.2. The standard InChI is InChI=1S/C20H22N4OS.HI/c1-21-20(23-14-18-5-4-12-26-18)22-13-16-7-9-17(10-8-16)15-24-11-3-2-6-19(24)25;/h2-12H,13-15H2,1H3,(H2,21,22,23);1H. The van der Waals surface area contributed by atoms with Crippen molar-refractivity contribution in [3.8, 4) is 0 Å². The highest BCUT2D eigenvalue weighted by Crippen LogP contribution is 2.08.